The van der Waals surface area contributed by atoms with E-state index in [1.165, 1.54) is 11.3 Å². The summed E-state index contributed by atoms with van der Waals surface area (Å²) in [4.78, 5) is 2.04. The van der Waals surface area contributed by atoms with Gasteiger partial charge in [-0.15, -0.1) is 10.2 Å². The van der Waals surface area contributed by atoms with Crippen molar-refractivity contribution < 1.29 is 0 Å². The van der Waals surface area contributed by atoms with Crippen molar-refractivity contribution >= 4 is 16.5 Å². The van der Waals surface area contributed by atoms with Crippen molar-refractivity contribution in [2.45, 2.75) is 13.3 Å². The Morgan fingerprint density at radius 3 is 3.08 bits per heavy atom. The van der Waals surface area contributed by atoms with E-state index in [0.29, 0.717) is 6.42 Å². The third-order valence-corrected chi connectivity index (χ3v) is 2.24. The van der Waals surface area contributed by atoms with Crippen LogP contribution >= 0.6 is 11.3 Å². The molecule has 0 saturated heterocycles. The van der Waals surface area contributed by atoms with E-state index < -0.39 is 0 Å². The minimum atomic E-state index is 0.535. The summed E-state index contributed by atoms with van der Waals surface area (Å²) >= 11 is 1.50. The molecule has 1 heterocycles. The highest BCUT2D eigenvalue weighted by Crippen LogP contribution is 2.14. The van der Waals surface area contributed by atoms with Crippen LogP contribution in [0.3, 0.4) is 0 Å². The molecule has 4 nitrogen and oxygen atoms in total. The monoisotopic (exact) mass is 182 g/mol. The number of anilines is 1. The molecule has 0 amide bonds. The van der Waals surface area contributed by atoms with E-state index in [9.17, 15) is 0 Å². The van der Waals surface area contributed by atoms with Gasteiger partial charge in [0.1, 0.15) is 5.51 Å². The van der Waals surface area contributed by atoms with Gasteiger partial charge < -0.3 is 4.90 Å². The standard InChI is InChI=1S/C7H10N4S/c1-2-11(5-3-4-8)7-10-9-6-12-7/h6H,2-3,5H2,1H3. The van der Waals surface area contributed by atoms with Gasteiger partial charge in [-0.1, -0.05) is 11.3 Å². The lowest BCUT2D eigenvalue weighted by Crippen LogP contribution is -2.23. The highest BCUT2D eigenvalue weighted by Gasteiger charge is 2.05. The molecule has 0 unspecified atom stereocenters. The summed E-state index contributed by atoms with van der Waals surface area (Å²) in [5.74, 6) is 0. The minimum Gasteiger partial charge on any atom is -0.346 e. The summed E-state index contributed by atoms with van der Waals surface area (Å²) in [7, 11) is 0. The zero-order chi connectivity index (χ0) is 8.81. The van der Waals surface area contributed by atoms with E-state index in [1.807, 2.05) is 11.8 Å². The fourth-order valence-corrected chi connectivity index (χ4v) is 1.53. The van der Waals surface area contributed by atoms with E-state index in [0.717, 1.165) is 18.2 Å². The molecule has 0 bridgehead atoms. The number of hydrogen-bond acceptors (Lipinski definition) is 5. The predicted molar refractivity (Wildman–Crippen MR) is 48.0 cm³/mol. The summed E-state index contributed by atoms with van der Waals surface area (Å²) in [6, 6.07) is 2.11. The van der Waals surface area contributed by atoms with Crippen molar-refractivity contribution in [1.29, 1.82) is 5.26 Å². The normalized spacial score (nSPS) is 9.33. The van der Waals surface area contributed by atoms with Gasteiger partial charge in [0, 0.05) is 13.1 Å². The van der Waals surface area contributed by atoms with Gasteiger partial charge in [0.15, 0.2) is 0 Å². The smallest absolute Gasteiger partial charge is 0.208 e. The molecule has 0 aliphatic rings. The van der Waals surface area contributed by atoms with Gasteiger partial charge in [0.2, 0.25) is 5.13 Å². The van der Waals surface area contributed by atoms with Crippen molar-refractivity contribution in [2.75, 3.05) is 18.0 Å². The Morgan fingerprint density at radius 2 is 2.58 bits per heavy atom. The van der Waals surface area contributed by atoms with Gasteiger partial charge in [0.05, 0.1) is 12.5 Å². The Bertz CT molecular complexity index is 251. The van der Waals surface area contributed by atoms with E-state index in [4.69, 9.17) is 5.26 Å². The molecular weight excluding hydrogens is 172 g/mol. The topological polar surface area (TPSA) is 52.8 Å². The van der Waals surface area contributed by atoms with Crippen LogP contribution in [0.1, 0.15) is 13.3 Å². The molecule has 64 valence electrons. The molecule has 0 aliphatic heterocycles. The second-order valence-electron chi connectivity index (χ2n) is 2.21. The van der Waals surface area contributed by atoms with E-state index in [1.54, 1.807) is 5.51 Å². The van der Waals surface area contributed by atoms with Gasteiger partial charge in [0.25, 0.3) is 0 Å². The molecule has 0 N–H and O–H groups in total. The fraction of sp³-hybridized carbons (Fsp3) is 0.571. The highest BCUT2D eigenvalue weighted by molar-refractivity contribution is 7.13. The fourth-order valence-electron chi connectivity index (χ4n) is 0.879. The van der Waals surface area contributed by atoms with Gasteiger partial charge in [-0.2, -0.15) is 5.26 Å². The van der Waals surface area contributed by atoms with Crippen molar-refractivity contribution in [1.82, 2.24) is 10.2 Å². The molecule has 0 atom stereocenters. The van der Waals surface area contributed by atoms with Crippen LogP contribution in [-0.4, -0.2) is 23.3 Å². The summed E-state index contributed by atoms with van der Waals surface area (Å²) in [6.07, 6.45) is 0.535. The highest BCUT2D eigenvalue weighted by atomic mass is 32.1. The first-order chi connectivity index (χ1) is 5.88. The molecule has 0 saturated carbocycles. The Hall–Kier alpha value is -1.15. The van der Waals surface area contributed by atoms with Crippen LogP contribution in [0.15, 0.2) is 5.51 Å². The summed E-state index contributed by atoms with van der Waals surface area (Å²) in [5, 5.41) is 17.0. The lowest BCUT2D eigenvalue weighted by Gasteiger charge is -2.16. The maximum absolute atomic E-state index is 8.40. The number of hydrogen-bond donors (Lipinski definition) is 0. The summed E-state index contributed by atoms with van der Waals surface area (Å²) in [5.41, 5.74) is 1.70. The van der Waals surface area contributed by atoms with Gasteiger partial charge in [-0.25, -0.2) is 0 Å². The van der Waals surface area contributed by atoms with Crippen LogP contribution in [0.2, 0.25) is 0 Å². The van der Waals surface area contributed by atoms with Gasteiger partial charge >= 0.3 is 0 Å². The molecule has 1 aromatic heterocycles. The Balaban J connectivity index is 2.52. The summed E-state index contributed by atoms with van der Waals surface area (Å²) in [6.45, 7) is 3.65. The molecule has 1 aromatic rings. The van der Waals surface area contributed by atoms with E-state index >= 15 is 0 Å². The van der Waals surface area contributed by atoms with Crippen molar-refractivity contribution in [2.24, 2.45) is 0 Å². The van der Waals surface area contributed by atoms with Crippen LogP contribution in [-0.2, 0) is 0 Å². The van der Waals surface area contributed by atoms with Gasteiger partial charge in [-0.05, 0) is 6.92 Å². The van der Waals surface area contributed by atoms with Crippen molar-refractivity contribution in [3.8, 4) is 6.07 Å². The molecule has 0 fully saturated rings. The van der Waals surface area contributed by atoms with Crippen LogP contribution in [0, 0.1) is 11.3 Å². The molecule has 0 aliphatic carbocycles. The first kappa shape index (κ1) is 8.94. The average Bonchev–Trinajstić information content (AvgIpc) is 2.59. The third kappa shape index (κ3) is 2.17. The predicted octanol–water partition coefficient (Wildman–Crippen LogP) is 1.28. The zero-order valence-corrected chi connectivity index (χ0v) is 7.71. The summed E-state index contributed by atoms with van der Waals surface area (Å²) < 4.78 is 0. The van der Waals surface area contributed by atoms with Gasteiger partial charge in [-0.3, -0.25) is 0 Å². The largest absolute Gasteiger partial charge is 0.346 e. The van der Waals surface area contributed by atoms with Crippen LogP contribution in [0.4, 0.5) is 5.13 Å². The number of rotatable bonds is 4. The second kappa shape index (κ2) is 4.67. The Kier molecular flexibility index (Phi) is 3.48. The maximum Gasteiger partial charge on any atom is 0.208 e. The first-order valence-electron chi connectivity index (χ1n) is 3.76. The molecule has 0 spiro atoms. The number of aromatic nitrogens is 2. The maximum atomic E-state index is 8.40. The molecule has 5 heteroatoms. The molecule has 0 radical (unpaired) electrons. The van der Waals surface area contributed by atoms with Crippen LogP contribution < -0.4 is 4.90 Å². The van der Waals surface area contributed by atoms with Crippen molar-refractivity contribution in [3.63, 3.8) is 0 Å². The second-order valence-corrected chi connectivity index (χ2v) is 3.02. The Labute approximate surface area is 75.5 Å². The van der Waals surface area contributed by atoms with Crippen molar-refractivity contribution in [3.05, 3.63) is 5.51 Å². The SMILES string of the molecule is CCN(CCC#N)c1nncs1. The lowest BCUT2D eigenvalue weighted by molar-refractivity contribution is 0.812. The number of nitrogens with zero attached hydrogens (tertiary/aromatic N) is 4. The first-order valence-corrected chi connectivity index (χ1v) is 4.64. The third-order valence-electron chi connectivity index (χ3n) is 1.49. The van der Waals surface area contributed by atoms with E-state index in [2.05, 4.69) is 16.3 Å². The quantitative estimate of drug-likeness (QED) is 0.703. The Morgan fingerprint density at radius 1 is 1.75 bits per heavy atom. The minimum absolute atomic E-state index is 0.535. The van der Waals surface area contributed by atoms with Crippen LogP contribution in [0.25, 0.3) is 0 Å². The zero-order valence-electron chi connectivity index (χ0n) is 6.90. The molecule has 0 aromatic carbocycles. The molecule has 1 rings (SSSR count). The van der Waals surface area contributed by atoms with E-state index in [-0.39, 0.29) is 0 Å². The lowest BCUT2D eigenvalue weighted by atomic mass is 10.4. The molecule has 12 heavy (non-hydrogen) atoms. The average molecular weight is 182 g/mol. The molecular formula is C7H10N4S. The number of nitriles is 1. The van der Waals surface area contributed by atoms with Crippen LogP contribution in [0.5, 0.6) is 0 Å².